The van der Waals surface area contributed by atoms with Crippen LogP contribution in [0.3, 0.4) is 0 Å². The minimum atomic E-state index is 0.889. The maximum Gasteiger partial charge on any atom is 0.0702 e. The van der Waals surface area contributed by atoms with Gasteiger partial charge in [0, 0.05) is 34.3 Å². The molecule has 2 aromatic heterocycles. The molecule has 0 aliphatic rings. The van der Waals surface area contributed by atoms with Gasteiger partial charge in [-0.1, -0.05) is 60.1 Å². The van der Waals surface area contributed by atoms with E-state index in [9.17, 15) is 0 Å². The smallest absolute Gasteiger partial charge is 0.0702 e. The molecule has 2 heterocycles. The van der Waals surface area contributed by atoms with E-state index in [0.29, 0.717) is 0 Å². The molecule has 120 valence electrons. The van der Waals surface area contributed by atoms with Crippen molar-refractivity contribution in [3.63, 3.8) is 0 Å². The normalized spacial score (nSPS) is 10.3. The molecule has 0 amide bonds. The lowest BCUT2D eigenvalue weighted by Gasteiger charge is -1.96. The van der Waals surface area contributed by atoms with E-state index in [1.807, 2.05) is 60.7 Å². The fraction of sp³-hybridized carbons (Fsp3) is 0. The van der Waals surface area contributed by atoms with E-state index in [1.54, 1.807) is 24.5 Å². The summed E-state index contributed by atoms with van der Waals surface area (Å²) >= 11 is 0. The Morgan fingerprint density at radius 2 is 1.08 bits per heavy atom. The van der Waals surface area contributed by atoms with Gasteiger partial charge in [0.15, 0.2) is 0 Å². The van der Waals surface area contributed by atoms with Gasteiger partial charge in [0.2, 0.25) is 0 Å². The second-order valence-electron chi connectivity index (χ2n) is 5.71. The second-order valence-corrected chi connectivity index (χ2v) is 5.71. The lowest BCUT2D eigenvalue weighted by Crippen LogP contribution is -1.81. The monoisotopic (exact) mass is 330 g/mol. The zero-order chi connectivity index (χ0) is 17.6. The third-order valence-corrected chi connectivity index (χ3v) is 3.86. The summed E-state index contributed by atoms with van der Waals surface area (Å²) in [6.07, 6.45) is 7.07. The predicted octanol–water partition coefficient (Wildman–Crippen LogP) is 4.74. The van der Waals surface area contributed by atoms with Crippen LogP contribution in [0.25, 0.3) is 21.8 Å². The first-order chi connectivity index (χ1) is 12.9. The Kier molecular flexibility index (Phi) is 4.42. The molecule has 0 radical (unpaired) electrons. The first kappa shape index (κ1) is 15.6. The number of pyridine rings is 2. The highest BCUT2D eigenvalue weighted by Crippen LogP contribution is 2.12. The minimum absolute atomic E-state index is 0.889. The van der Waals surface area contributed by atoms with Gasteiger partial charge in [0.1, 0.15) is 0 Å². The number of allylic oxidation sites excluding steroid dienone is 2. The Morgan fingerprint density at radius 3 is 1.58 bits per heavy atom. The summed E-state index contributed by atoms with van der Waals surface area (Å²) in [5.74, 6) is 12.1. The van der Waals surface area contributed by atoms with Crippen molar-refractivity contribution in [2.24, 2.45) is 0 Å². The van der Waals surface area contributed by atoms with Crippen molar-refractivity contribution in [1.82, 2.24) is 9.97 Å². The van der Waals surface area contributed by atoms with E-state index in [-0.39, 0.29) is 0 Å². The van der Waals surface area contributed by atoms with Crippen LogP contribution in [0, 0.1) is 23.7 Å². The van der Waals surface area contributed by atoms with Crippen molar-refractivity contribution >= 4 is 21.8 Å². The third-order valence-electron chi connectivity index (χ3n) is 3.86. The highest BCUT2D eigenvalue weighted by molar-refractivity contribution is 5.80. The van der Waals surface area contributed by atoms with E-state index >= 15 is 0 Å². The van der Waals surface area contributed by atoms with E-state index in [0.717, 1.165) is 32.9 Å². The number of hydrogen-bond donors (Lipinski definition) is 0. The maximum absolute atomic E-state index is 4.40. The standard InChI is InChI=1S/C24H14N2/c1(3-9-19-15-21-11-5-7-13-23(21)25-17-19)2-4-10-20-16-22-12-6-8-14-24(22)26-18-20/h1-2,5-8,11-18H/b2-1-. The van der Waals surface area contributed by atoms with Crippen molar-refractivity contribution in [1.29, 1.82) is 0 Å². The number of rotatable bonds is 0. The van der Waals surface area contributed by atoms with Crippen LogP contribution in [0.15, 0.2) is 85.2 Å². The van der Waals surface area contributed by atoms with Crippen LogP contribution < -0.4 is 0 Å². The first-order valence-corrected chi connectivity index (χ1v) is 8.26. The average molecular weight is 330 g/mol. The molecule has 0 saturated carbocycles. The topological polar surface area (TPSA) is 25.8 Å². The lowest BCUT2D eigenvalue weighted by atomic mass is 10.1. The van der Waals surface area contributed by atoms with Crippen LogP contribution in [0.4, 0.5) is 0 Å². The summed E-state index contributed by atoms with van der Waals surface area (Å²) < 4.78 is 0. The van der Waals surface area contributed by atoms with Gasteiger partial charge in [-0.3, -0.25) is 9.97 Å². The summed E-state index contributed by atoms with van der Waals surface area (Å²) in [6.45, 7) is 0. The summed E-state index contributed by atoms with van der Waals surface area (Å²) in [5.41, 5.74) is 3.73. The summed E-state index contributed by atoms with van der Waals surface area (Å²) in [5, 5.41) is 2.18. The van der Waals surface area contributed by atoms with E-state index < -0.39 is 0 Å². The van der Waals surface area contributed by atoms with Crippen molar-refractivity contribution in [2.45, 2.75) is 0 Å². The highest BCUT2D eigenvalue weighted by Gasteiger charge is 1.94. The number of benzene rings is 2. The van der Waals surface area contributed by atoms with Crippen LogP contribution in [0.1, 0.15) is 11.1 Å². The predicted molar refractivity (Wildman–Crippen MR) is 106 cm³/mol. The van der Waals surface area contributed by atoms with Crippen LogP contribution >= 0.6 is 0 Å². The fourth-order valence-corrected chi connectivity index (χ4v) is 2.61. The molecular formula is C24H14N2. The van der Waals surface area contributed by atoms with Crippen molar-refractivity contribution < 1.29 is 0 Å². The molecule has 4 aromatic rings. The number of hydrogen-bond acceptors (Lipinski definition) is 2. The number of nitrogens with zero attached hydrogens (tertiary/aromatic N) is 2. The van der Waals surface area contributed by atoms with Gasteiger partial charge in [0.05, 0.1) is 11.0 Å². The fourth-order valence-electron chi connectivity index (χ4n) is 2.61. The molecule has 0 aliphatic carbocycles. The molecule has 2 nitrogen and oxygen atoms in total. The molecule has 0 fully saturated rings. The molecule has 26 heavy (non-hydrogen) atoms. The Balaban J connectivity index is 1.47. The molecule has 2 heteroatoms. The Morgan fingerprint density at radius 1 is 0.615 bits per heavy atom. The van der Waals surface area contributed by atoms with Crippen LogP contribution in [0.2, 0.25) is 0 Å². The van der Waals surface area contributed by atoms with Crippen molar-refractivity contribution in [3.05, 3.63) is 96.3 Å². The molecular weight excluding hydrogens is 316 g/mol. The lowest BCUT2D eigenvalue weighted by molar-refractivity contribution is 1.39. The first-order valence-electron chi connectivity index (χ1n) is 8.26. The summed E-state index contributed by atoms with van der Waals surface area (Å²) in [6, 6.07) is 20.1. The Labute approximate surface area is 152 Å². The van der Waals surface area contributed by atoms with Crippen molar-refractivity contribution in [3.8, 4) is 23.7 Å². The third kappa shape index (κ3) is 3.61. The molecule has 0 atom stereocenters. The number of fused-ring (bicyclic) bond motifs is 2. The van der Waals surface area contributed by atoms with Gasteiger partial charge in [-0.05, 0) is 36.4 Å². The largest absolute Gasteiger partial charge is 0.255 e. The van der Waals surface area contributed by atoms with Gasteiger partial charge >= 0.3 is 0 Å². The molecule has 4 rings (SSSR count). The zero-order valence-corrected chi connectivity index (χ0v) is 14.0. The Bertz CT molecular complexity index is 1150. The van der Waals surface area contributed by atoms with E-state index in [2.05, 4.69) is 33.6 Å². The molecule has 2 aromatic carbocycles. The molecule has 0 unspecified atom stereocenters. The number of aromatic nitrogens is 2. The SMILES string of the molecule is C(#Cc1cnc2ccccc2c1)/C=C\C#Cc1cnc2ccccc2c1. The summed E-state index contributed by atoms with van der Waals surface area (Å²) in [4.78, 5) is 8.80. The van der Waals surface area contributed by atoms with Gasteiger partial charge in [0.25, 0.3) is 0 Å². The second kappa shape index (κ2) is 7.34. The molecule has 0 aliphatic heterocycles. The molecule has 0 saturated heterocycles. The maximum atomic E-state index is 4.40. The molecule has 0 bridgehead atoms. The van der Waals surface area contributed by atoms with Crippen LogP contribution in [-0.2, 0) is 0 Å². The molecule has 0 spiro atoms. The van der Waals surface area contributed by atoms with Crippen molar-refractivity contribution in [2.75, 3.05) is 0 Å². The van der Waals surface area contributed by atoms with Crippen LogP contribution in [0.5, 0.6) is 0 Å². The molecule has 0 N–H and O–H groups in total. The van der Waals surface area contributed by atoms with E-state index in [4.69, 9.17) is 0 Å². The minimum Gasteiger partial charge on any atom is -0.255 e. The zero-order valence-electron chi connectivity index (χ0n) is 14.0. The quantitative estimate of drug-likeness (QED) is 0.435. The van der Waals surface area contributed by atoms with Gasteiger partial charge < -0.3 is 0 Å². The van der Waals surface area contributed by atoms with Gasteiger partial charge in [-0.25, -0.2) is 0 Å². The van der Waals surface area contributed by atoms with Gasteiger partial charge in [-0.15, -0.1) is 0 Å². The highest BCUT2D eigenvalue weighted by atomic mass is 14.6. The van der Waals surface area contributed by atoms with Crippen LogP contribution in [-0.4, -0.2) is 9.97 Å². The number of para-hydroxylation sites is 2. The Hall–Kier alpha value is -3.88. The average Bonchev–Trinajstić information content (AvgIpc) is 2.70. The summed E-state index contributed by atoms with van der Waals surface area (Å²) in [7, 11) is 0. The van der Waals surface area contributed by atoms with E-state index in [1.165, 1.54) is 0 Å². The van der Waals surface area contributed by atoms with Gasteiger partial charge in [-0.2, -0.15) is 0 Å².